The molecular formula is C13H15ClN4O. The third-order valence-corrected chi connectivity index (χ3v) is 3.63. The van der Waals surface area contributed by atoms with Crippen molar-refractivity contribution in [1.82, 2.24) is 10.1 Å². The molecule has 1 aliphatic rings. The molecule has 100 valence electrons. The molecular weight excluding hydrogens is 264 g/mol. The number of benzene rings is 1. The number of nitrogens with two attached hydrogens (primary N) is 1. The molecule has 19 heavy (non-hydrogen) atoms. The monoisotopic (exact) mass is 278 g/mol. The molecule has 0 bridgehead atoms. The summed E-state index contributed by atoms with van der Waals surface area (Å²) >= 11 is 5.99. The Morgan fingerprint density at radius 1 is 1.21 bits per heavy atom. The molecule has 5 nitrogen and oxygen atoms in total. The van der Waals surface area contributed by atoms with E-state index in [1.165, 1.54) is 19.3 Å². The van der Waals surface area contributed by atoms with Gasteiger partial charge < -0.3 is 15.2 Å². The molecule has 1 fully saturated rings. The van der Waals surface area contributed by atoms with E-state index in [1.807, 2.05) is 6.07 Å². The number of nitrogens with zero attached hydrogens (tertiary/aromatic N) is 3. The molecule has 1 saturated heterocycles. The second-order valence-electron chi connectivity index (χ2n) is 4.68. The third-order valence-electron chi connectivity index (χ3n) is 3.30. The Hall–Kier alpha value is -1.75. The van der Waals surface area contributed by atoms with Crippen LogP contribution in [-0.2, 0) is 0 Å². The number of hydrogen-bond acceptors (Lipinski definition) is 5. The summed E-state index contributed by atoms with van der Waals surface area (Å²) in [6.45, 7) is 1.98. The summed E-state index contributed by atoms with van der Waals surface area (Å²) in [5.41, 5.74) is 7.01. The first-order valence-corrected chi connectivity index (χ1v) is 6.76. The first-order valence-electron chi connectivity index (χ1n) is 6.38. The average Bonchev–Trinajstić information content (AvgIpc) is 2.93. The van der Waals surface area contributed by atoms with Crippen LogP contribution in [0.15, 0.2) is 22.7 Å². The molecule has 1 aromatic heterocycles. The largest absolute Gasteiger partial charge is 0.398 e. The van der Waals surface area contributed by atoms with E-state index in [-0.39, 0.29) is 0 Å². The summed E-state index contributed by atoms with van der Waals surface area (Å²) in [7, 11) is 0. The Morgan fingerprint density at radius 3 is 2.74 bits per heavy atom. The van der Waals surface area contributed by atoms with Gasteiger partial charge in [0.2, 0.25) is 0 Å². The van der Waals surface area contributed by atoms with Gasteiger partial charge in [-0.2, -0.15) is 4.98 Å². The van der Waals surface area contributed by atoms with Crippen LogP contribution in [0.25, 0.3) is 11.5 Å². The van der Waals surface area contributed by atoms with Gasteiger partial charge in [0.15, 0.2) is 0 Å². The maximum absolute atomic E-state index is 5.99. The van der Waals surface area contributed by atoms with Crippen molar-refractivity contribution < 1.29 is 4.52 Å². The van der Waals surface area contributed by atoms with Crippen molar-refractivity contribution in [2.24, 2.45) is 0 Å². The molecule has 2 aromatic rings. The Kier molecular flexibility index (Phi) is 3.29. The van der Waals surface area contributed by atoms with Crippen LogP contribution in [-0.4, -0.2) is 23.2 Å². The molecule has 2 heterocycles. The number of hydrogen-bond donors (Lipinski definition) is 1. The highest BCUT2D eigenvalue weighted by Gasteiger charge is 2.17. The van der Waals surface area contributed by atoms with E-state index in [2.05, 4.69) is 15.0 Å². The maximum Gasteiger partial charge on any atom is 0.266 e. The second-order valence-corrected chi connectivity index (χ2v) is 5.09. The van der Waals surface area contributed by atoms with Gasteiger partial charge in [0.1, 0.15) is 0 Å². The Balaban J connectivity index is 1.85. The summed E-state index contributed by atoms with van der Waals surface area (Å²) in [5, 5.41) is 4.53. The first-order chi connectivity index (χ1) is 9.24. The zero-order chi connectivity index (χ0) is 13.2. The van der Waals surface area contributed by atoms with Gasteiger partial charge in [-0.1, -0.05) is 11.6 Å². The maximum atomic E-state index is 5.99. The molecule has 3 rings (SSSR count). The zero-order valence-corrected chi connectivity index (χ0v) is 11.2. The highest BCUT2D eigenvalue weighted by atomic mass is 35.5. The lowest BCUT2D eigenvalue weighted by atomic mass is 10.1. The zero-order valence-electron chi connectivity index (χ0n) is 10.5. The topological polar surface area (TPSA) is 68.2 Å². The van der Waals surface area contributed by atoms with Crippen LogP contribution >= 0.6 is 11.6 Å². The van der Waals surface area contributed by atoms with Crippen molar-refractivity contribution in [1.29, 1.82) is 0 Å². The summed E-state index contributed by atoms with van der Waals surface area (Å²) in [5.74, 6) is 1.13. The number of nitrogen functional groups attached to an aromatic ring is 1. The molecule has 1 aromatic carbocycles. The molecule has 0 spiro atoms. The lowest BCUT2D eigenvalue weighted by Crippen LogP contribution is -2.30. The van der Waals surface area contributed by atoms with Crippen LogP contribution in [0.2, 0.25) is 5.02 Å². The standard InChI is InChI=1S/C13H15ClN4O/c14-10-8-9(4-5-11(10)15)12-16-13(17-19-12)18-6-2-1-3-7-18/h4-5,8H,1-3,6-7,15H2. The van der Waals surface area contributed by atoms with Gasteiger partial charge in [0.25, 0.3) is 11.8 Å². The number of piperidine rings is 1. The summed E-state index contributed by atoms with van der Waals surface area (Å²) in [4.78, 5) is 6.57. The lowest BCUT2D eigenvalue weighted by Gasteiger charge is -2.24. The average molecular weight is 279 g/mol. The van der Waals surface area contributed by atoms with Crippen molar-refractivity contribution in [2.75, 3.05) is 23.7 Å². The predicted molar refractivity (Wildman–Crippen MR) is 75.2 cm³/mol. The Morgan fingerprint density at radius 2 is 2.00 bits per heavy atom. The predicted octanol–water partition coefficient (Wildman–Crippen LogP) is 2.96. The molecule has 2 N–H and O–H groups in total. The highest BCUT2D eigenvalue weighted by Crippen LogP contribution is 2.27. The van der Waals surface area contributed by atoms with Gasteiger partial charge in [-0.15, -0.1) is 0 Å². The van der Waals surface area contributed by atoms with Crippen molar-refractivity contribution in [2.45, 2.75) is 19.3 Å². The second kappa shape index (κ2) is 5.09. The van der Waals surface area contributed by atoms with Crippen molar-refractivity contribution in [3.05, 3.63) is 23.2 Å². The molecule has 1 aliphatic heterocycles. The number of aromatic nitrogens is 2. The molecule has 6 heteroatoms. The van der Waals surface area contributed by atoms with Crippen molar-refractivity contribution in [3.63, 3.8) is 0 Å². The van der Waals surface area contributed by atoms with Gasteiger partial charge in [0.05, 0.1) is 10.7 Å². The van der Waals surface area contributed by atoms with E-state index in [4.69, 9.17) is 21.9 Å². The molecule has 0 aliphatic carbocycles. The van der Waals surface area contributed by atoms with E-state index in [9.17, 15) is 0 Å². The van der Waals surface area contributed by atoms with Crippen LogP contribution in [0, 0.1) is 0 Å². The SMILES string of the molecule is Nc1ccc(-c2nc(N3CCCCC3)no2)cc1Cl. The Bertz CT molecular complexity index is 578. The minimum atomic E-state index is 0.475. The fourth-order valence-electron chi connectivity index (χ4n) is 2.22. The summed E-state index contributed by atoms with van der Waals surface area (Å²) in [6.07, 6.45) is 3.63. The van der Waals surface area contributed by atoms with Crippen LogP contribution in [0.3, 0.4) is 0 Å². The quantitative estimate of drug-likeness (QED) is 0.856. The minimum absolute atomic E-state index is 0.475. The van der Waals surface area contributed by atoms with Gasteiger partial charge in [-0.3, -0.25) is 0 Å². The number of anilines is 2. The molecule has 0 atom stereocenters. The van der Waals surface area contributed by atoms with E-state index in [1.54, 1.807) is 12.1 Å². The van der Waals surface area contributed by atoms with E-state index < -0.39 is 0 Å². The summed E-state index contributed by atoms with van der Waals surface area (Å²) < 4.78 is 5.30. The molecule has 0 unspecified atom stereocenters. The van der Waals surface area contributed by atoms with Crippen LogP contribution in [0.5, 0.6) is 0 Å². The molecule has 0 saturated carbocycles. The van der Waals surface area contributed by atoms with E-state index in [0.29, 0.717) is 22.5 Å². The van der Waals surface area contributed by atoms with Gasteiger partial charge in [-0.05, 0) is 42.6 Å². The van der Waals surface area contributed by atoms with Crippen molar-refractivity contribution >= 4 is 23.2 Å². The van der Waals surface area contributed by atoms with Gasteiger partial charge in [0, 0.05) is 18.7 Å². The molecule has 0 radical (unpaired) electrons. The number of rotatable bonds is 2. The summed E-state index contributed by atoms with van der Waals surface area (Å²) in [6, 6.07) is 5.31. The van der Waals surface area contributed by atoms with Crippen LogP contribution < -0.4 is 10.6 Å². The van der Waals surface area contributed by atoms with Gasteiger partial charge in [-0.25, -0.2) is 0 Å². The fourth-order valence-corrected chi connectivity index (χ4v) is 2.40. The lowest BCUT2D eigenvalue weighted by molar-refractivity contribution is 0.426. The normalized spacial score (nSPS) is 15.7. The van der Waals surface area contributed by atoms with Crippen LogP contribution in [0.4, 0.5) is 11.6 Å². The Labute approximate surface area is 116 Å². The first kappa shape index (κ1) is 12.3. The number of halogens is 1. The van der Waals surface area contributed by atoms with E-state index >= 15 is 0 Å². The van der Waals surface area contributed by atoms with E-state index in [0.717, 1.165) is 18.7 Å². The fraction of sp³-hybridized carbons (Fsp3) is 0.385. The molecule has 0 amide bonds. The van der Waals surface area contributed by atoms with Gasteiger partial charge >= 0.3 is 0 Å². The van der Waals surface area contributed by atoms with Crippen molar-refractivity contribution in [3.8, 4) is 11.5 Å². The minimum Gasteiger partial charge on any atom is -0.398 e. The third kappa shape index (κ3) is 2.51. The highest BCUT2D eigenvalue weighted by molar-refractivity contribution is 6.33. The smallest absolute Gasteiger partial charge is 0.266 e. The van der Waals surface area contributed by atoms with Crippen LogP contribution in [0.1, 0.15) is 19.3 Å².